The lowest BCUT2D eigenvalue weighted by Gasteiger charge is -2.31. The highest BCUT2D eigenvalue weighted by molar-refractivity contribution is 5.89. The monoisotopic (exact) mass is 298 g/mol. The van der Waals surface area contributed by atoms with Crippen LogP contribution in [0.4, 0.5) is 0 Å². The molecule has 4 atom stereocenters. The Labute approximate surface area is 130 Å². The summed E-state index contributed by atoms with van der Waals surface area (Å²) in [6.07, 6.45) is 9.35. The predicted octanol–water partition coefficient (Wildman–Crippen LogP) is 3.71. The van der Waals surface area contributed by atoms with E-state index in [9.17, 15) is 9.90 Å². The van der Waals surface area contributed by atoms with Crippen LogP contribution in [0.5, 0.6) is 0 Å². The Kier molecular flexibility index (Phi) is 7.35. The summed E-state index contributed by atoms with van der Waals surface area (Å²) in [5, 5.41) is 18.3. The van der Waals surface area contributed by atoms with Gasteiger partial charge in [-0.15, -0.1) is 0 Å². The Morgan fingerprint density at radius 3 is 2.24 bits per heavy atom. The van der Waals surface area contributed by atoms with Gasteiger partial charge in [-0.1, -0.05) is 52.4 Å². The van der Waals surface area contributed by atoms with Gasteiger partial charge in [0.2, 0.25) is 0 Å². The highest BCUT2D eigenvalue weighted by Gasteiger charge is 2.33. The van der Waals surface area contributed by atoms with Gasteiger partial charge >= 0.3 is 0 Å². The number of aliphatic hydroxyl groups excluding tert-OH is 1. The zero-order valence-electron chi connectivity index (χ0n) is 14.3. The first-order valence-electron chi connectivity index (χ1n) is 8.72. The summed E-state index contributed by atoms with van der Waals surface area (Å²) in [5.74, 6) is 2.83. The smallest absolute Gasteiger partial charge is 0.192 e. The summed E-state index contributed by atoms with van der Waals surface area (Å²) >= 11 is 0. The molecule has 0 aromatic rings. The molecule has 0 aromatic heterocycles. The summed E-state index contributed by atoms with van der Waals surface area (Å²) < 4.78 is 0. The molecule has 0 aromatic carbocycles. The number of fused-ring (bicyclic) bond motifs is 1. The first kappa shape index (κ1) is 18.6. The van der Waals surface area contributed by atoms with Crippen molar-refractivity contribution in [2.45, 2.75) is 90.8 Å². The van der Waals surface area contributed by atoms with Gasteiger partial charge in [-0.2, -0.15) is 0 Å². The highest BCUT2D eigenvalue weighted by atomic mass is 16.3. The second-order valence-corrected chi connectivity index (χ2v) is 7.49. The molecule has 0 heterocycles. The molecule has 2 aliphatic carbocycles. The largest absolute Gasteiger partial charge is 0.385 e. The Bertz CT molecular complexity index is 319. The molecular formula is C18H34O3. The third-order valence-corrected chi connectivity index (χ3v) is 5.15. The molecule has 2 fully saturated rings. The molecule has 0 bridgehead atoms. The molecule has 0 amide bonds. The maximum Gasteiger partial charge on any atom is 0.192 e. The number of hydrogen-bond donors (Lipinski definition) is 2. The summed E-state index contributed by atoms with van der Waals surface area (Å²) in [5.41, 5.74) is -1.41. The summed E-state index contributed by atoms with van der Waals surface area (Å²) in [6.45, 7) is 7.10. The fraction of sp³-hybridized carbons (Fsp3) is 0.944. The van der Waals surface area contributed by atoms with Gasteiger partial charge in [0.05, 0.1) is 0 Å². The molecule has 0 spiro atoms. The van der Waals surface area contributed by atoms with Gasteiger partial charge in [-0.25, -0.2) is 0 Å². The number of hydrogen-bond acceptors (Lipinski definition) is 3. The number of Topliss-reactive ketones (excluding diaryl/α,β-unsaturated/α-hetero) is 1. The van der Waals surface area contributed by atoms with Gasteiger partial charge in [0.15, 0.2) is 5.78 Å². The third-order valence-electron chi connectivity index (χ3n) is 5.15. The average Bonchev–Trinajstić information content (AvgIpc) is 2.87. The Morgan fingerprint density at radius 1 is 1.19 bits per heavy atom. The fourth-order valence-corrected chi connectivity index (χ4v) is 3.90. The van der Waals surface area contributed by atoms with Crippen LogP contribution in [-0.4, -0.2) is 27.7 Å². The standard InChI is InChI=1S/C10H18.C8H16O3/c1-8-4-2-5-9-6-3-7-10(8)9;1-4-5-6(9)7(10)8(2,3)11/h8-10H,2-7H2,1H3;6,9,11H,4-5H2,1-3H3. The van der Waals surface area contributed by atoms with Crippen molar-refractivity contribution in [2.75, 3.05) is 0 Å². The molecule has 2 saturated carbocycles. The minimum Gasteiger partial charge on any atom is -0.385 e. The number of ketones is 1. The number of carbonyl (C=O) groups is 1. The Balaban J connectivity index is 0.000000210. The van der Waals surface area contributed by atoms with E-state index in [1.54, 1.807) is 19.3 Å². The molecule has 21 heavy (non-hydrogen) atoms. The Hall–Kier alpha value is -0.410. The molecule has 2 rings (SSSR count). The average molecular weight is 298 g/mol. The van der Waals surface area contributed by atoms with Crippen LogP contribution in [0, 0.1) is 17.8 Å². The van der Waals surface area contributed by atoms with E-state index in [-0.39, 0.29) is 0 Å². The van der Waals surface area contributed by atoms with Crippen molar-refractivity contribution >= 4 is 5.78 Å². The quantitative estimate of drug-likeness (QED) is 0.832. The van der Waals surface area contributed by atoms with E-state index in [4.69, 9.17) is 5.11 Å². The topological polar surface area (TPSA) is 57.5 Å². The van der Waals surface area contributed by atoms with E-state index >= 15 is 0 Å². The van der Waals surface area contributed by atoms with Crippen molar-refractivity contribution in [2.24, 2.45) is 17.8 Å². The van der Waals surface area contributed by atoms with Crippen molar-refractivity contribution in [3.05, 3.63) is 0 Å². The predicted molar refractivity (Wildman–Crippen MR) is 86.1 cm³/mol. The summed E-state index contributed by atoms with van der Waals surface area (Å²) in [7, 11) is 0. The van der Waals surface area contributed by atoms with Gasteiger partial charge in [0.1, 0.15) is 11.7 Å². The zero-order valence-corrected chi connectivity index (χ0v) is 14.3. The lowest BCUT2D eigenvalue weighted by Crippen LogP contribution is -2.39. The van der Waals surface area contributed by atoms with Gasteiger partial charge in [0, 0.05) is 0 Å². The Morgan fingerprint density at radius 2 is 1.76 bits per heavy atom. The van der Waals surface area contributed by atoms with Gasteiger partial charge in [-0.3, -0.25) is 4.79 Å². The minimum atomic E-state index is -1.41. The summed E-state index contributed by atoms with van der Waals surface area (Å²) in [4.78, 5) is 11.1. The van der Waals surface area contributed by atoms with Crippen molar-refractivity contribution in [3.8, 4) is 0 Å². The second kappa shape index (κ2) is 8.28. The van der Waals surface area contributed by atoms with E-state index in [2.05, 4.69) is 6.92 Å². The third kappa shape index (κ3) is 5.71. The van der Waals surface area contributed by atoms with E-state index < -0.39 is 17.5 Å². The summed E-state index contributed by atoms with van der Waals surface area (Å²) in [6, 6.07) is 0. The van der Waals surface area contributed by atoms with Crippen LogP contribution in [0.3, 0.4) is 0 Å². The van der Waals surface area contributed by atoms with Gasteiger partial charge in [0.25, 0.3) is 0 Å². The van der Waals surface area contributed by atoms with Crippen LogP contribution in [-0.2, 0) is 4.79 Å². The molecule has 0 radical (unpaired) electrons. The van der Waals surface area contributed by atoms with E-state index in [0.717, 1.165) is 24.2 Å². The van der Waals surface area contributed by atoms with E-state index in [1.165, 1.54) is 33.1 Å². The first-order valence-corrected chi connectivity index (χ1v) is 8.72. The minimum absolute atomic E-state index is 0.419. The molecule has 2 aliphatic rings. The van der Waals surface area contributed by atoms with Crippen molar-refractivity contribution < 1.29 is 15.0 Å². The van der Waals surface area contributed by atoms with Crippen LogP contribution in [0.25, 0.3) is 0 Å². The number of carbonyl (C=O) groups excluding carboxylic acids is 1. The zero-order chi connectivity index (χ0) is 16.0. The molecule has 3 nitrogen and oxygen atoms in total. The fourth-order valence-electron chi connectivity index (χ4n) is 3.90. The van der Waals surface area contributed by atoms with Crippen LogP contribution in [0.15, 0.2) is 0 Å². The normalized spacial score (nSPS) is 30.1. The molecule has 124 valence electrons. The maximum absolute atomic E-state index is 11.1. The van der Waals surface area contributed by atoms with Gasteiger partial charge < -0.3 is 10.2 Å². The van der Waals surface area contributed by atoms with Crippen LogP contribution in [0.1, 0.15) is 79.1 Å². The van der Waals surface area contributed by atoms with Crippen LogP contribution in [0.2, 0.25) is 0 Å². The van der Waals surface area contributed by atoms with Crippen molar-refractivity contribution in [3.63, 3.8) is 0 Å². The maximum atomic E-state index is 11.1. The SMILES string of the molecule is CC1CCCC2CCCC12.CCCC(O)C(=O)C(C)(C)O. The molecule has 2 N–H and O–H groups in total. The number of aliphatic hydroxyl groups is 2. The lowest BCUT2D eigenvalue weighted by molar-refractivity contribution is -0.143. The van der Waals surface area contributed by atoms with E-state index in [1.807, 2.05) is 6.92 Å². The van der Waals surface area contributed by atoms with Crippen molar-refractivity contribution in [1.29, 1.82) is 0 Å². The van der Waals surface area contributed by atoms with Crippen LogP contribution >= 0.6 is 0 Å². The highest BCUT2D eigenvalue weighted by Crippen LogP contribution is 2.44. The number of rotatable bonds is 4. The lowest BCUT2D eigenvalue weighted by atomic mass is 9.75. The molecule has 3 heteroatoms. The molecule has 0 aliphatic heterocycles. The first-order chi connectivity index (χ1) is 9.77. The molecule has 0 saturated heterocycles. The second-order valence-electron chi connectivity index (χ2n) is 7.49. The van der Waals surface area contributed by atoms with Crippen molar-refractivity contribution in [1.82, 2.24) is 0 Å². The molecule has 4 unspecified atom stereocenters. The van der Waals surface area contributed by atoms with Crippen LogP contribution < -0.4 is 0 Å². The van der Waals surface area contributed by atoms with E-state index in [0.29, 0.717) is 6.42 Å². The van der Waals surface area contributed by atoms with Gasteiger partial charge in [-0.05, 0) is 44.4 Å². The molecular weight excluding hydrogens is 264 g/mol.